The van der Waals surface area contributed by atoms with Crippen molar-refractivity contribution >= 4 is 12.6 Å². The Morgan fingerprint density at radius 3 is 2.62 bits per heavy atom. The van der Waals surface area contributed by atoms with Crippen molar-refractivity contribution in [2.24, 2.45) is 0 Å². The summed E-state index contributed by atoms with van der Waals surface area (Å²) in [5, 5.41) is 0. The second kappa shape index (κ2) is 4.88. The first-order valence-electron chi connectivity index (χ1n) is 3.79. The van der Waals surface area contributed by atoms with Crippen molar-refractivity contribution in [3.05, 3.63) is 35.4 Å². The third kappa shape index (κ3) is 3.08. The number of thiol groups is 1. The van der Waals surface area contributed by atoms with Crippen LogP contribution in [0.25, 0.3) is 0 Å². The number of halogens is 2. The van der Waals surface area contributed by atoms with E-state index in [0.717, 1.165) is 12.1 Å². The van der Waals surface area contributed by atoms with Gasteiger partial charge in [0, 0.05) is 17.7 Å². The second-order valence-corrected chi connectivity index (χ2v) is 2.85. The van der Waals surface area contributed by atoms with Crippen LogP contribution in [0.3, 0.4) is 0 Å². The Balaban J connectivity index is 2.81. The summed E-state index contributed by atoms with van der Waals surface area (Å²) in [7, 11) is 0. The Morgan fingerprint density at radius 2 is 2.00 bits per heavy atom. The Bertz CT molecular complexity index is 350. The summed E-state index contributed by atoms with van der Waals surface area (Å²) in [6.07, 6.45) is 0.641. The summed E-state index contributed by atoms with van der Waals surface area (Å²) in [6.45, 7) is 0. The number of rotatable bonds is 1. The smallest absolute Gasteiger partial charge is 0.160 e. The number of hydrogen-bond acceptors (Lipinski definition) is 1. The lowest BCUT2D eigenvalue weighted by Crippen LogP contribution is -1.84. The third-order valence-corrected chi connectivity index (χ3v) is 1.61. The molecule has 0 heterocycles. The monoisotopic (exact) mass is 198 g/mol. The highest BCUT2D eigenvalue weighted by molar-refractivity contribution is 7.80. The number of hydrogen-bond donors (Lipinski definition) is 1. The Kier molecular flexibility index (Phi) is 3.78. The molecule has 0 saturated heterocycles. The molecule has 3 heteroatoms. The van der Waals surface area contributed by atoms with E-state index in [1.165, 1.54) is 6.07 Å². The standard InChI is InChI=1S/C10H8F2S/c11-9-5-4-8(7-10(9)12)3-1-2-6-13/h4-5,7,13H,2,6H2. The van der Waals surface area contributed by atoms with Gasteiger partial charge in [0.25, 0.3) is 0 Å². The lowest BCUT2D eigenvalue weighted by Gasteiger charge is -1.92. The molecule has 0 aromatic heterocycles. The zero-order chi connectivity index (χ0) is 9.68. The molecule has 68 valence electrons. The van der Waals surface area contributed by atoms with E-state index in [9.17, 15) is 8.78 Å². The highest BCUT2D eigenvalue weighted by Crippen LogP contribution is 2.07. The molecule has 0 aliphatic heterocycles. The molecular weight excluding hydrogens is 190 g/mol. The van der Waals surface area contributed by atoms with E-state index in [1.54, 1.807) is 0 Å². The fourth-order valence-corrected chi connectivity index (χ4v) is 0.906. The summed E-state index contributed by atoms with van der Waals surface area (Å²) >= 11 is 3.97. The predicted octanol–water partition coefficient (Wildman–Crippen LogP) is 2.64. The van der Waals surface area contributed by atoms with Crippen molar-refractivity contribution < 1.29 is 8.78 Å². The van der Waals surface area contributed by atoms with Gasteiger partial charge in [-0.15, -0.1) is 0 Å². The van der Waals surface area contributed by atoms with Crippen molar-refractivity contribution in [3.8, 4) is 11.8 Å². The first kappa shape index (κ1) is 10.1. The van der Waals surface area contributed by atoms with Gasteiger partial charge >= 0.3 is 0 Å². The van der Waals surface area contributed by atoms with Crippen LogP contribution in [0, 0.1) is 23.5 Å². The van der Waals surface area contributed by atoms with E-state index in [4.69, 9.17) is 0 Å². The topological polar surface area (TPSA) is 0 Å². The van der Waals surface area contributed by atoms with Gasteiger partial charge in [0.15, 0.2) is 11.6 Å². The van der Waals surface area contributed by atoms with Crippen molar-refractivity contribution in [2.75, 3.05) is 5.75 Å². The Labute approximate surface area is 81.4 Å². The Hall–Kier alpha value is -1.01. The van der Waals surface area contributed by atoms with Crippen molar-refractivity contribution in [1.82, 2.24) is 0 Å². The lowest BCUT2D eigenvalue weighted by molar-refractivity contribution is 0.508. The van der Waals surface area contributed by atoms with Crippen LogP contribution in [0.15, 0.2) is 18.2 Å². The molecule has 0 radical (unpaired) electrons. The minimum atomic E-state index is -0.863. The average Bonchev–Trinajstić information content (AvgIpc) is 2.12. The van der Waals surface area contributed by atoms with Gasteiger partial charge in [-0.25, -0.2) is 8.78 Å². The minimum absolute atomic E-state index is 0.487. The SMILES string of the molecule is Fc1ccc(C#CCCS)cc1F. The third-order valence-electron chi connectivity index (χ3n) is 1.39. The van der Waals surface area contributed by atoms with Crippen LogP contribution in [0.1, 0.15) is 12.0 Å². The van der Waals surface area contributed by atoms with E-state index in [1.807, 2.05) is 0 Å². The summed E-state index contributed by atoms with van der Waals surface area (Å²) in [5.74, 6) is 4.44. The van der Waals surface area contributed by atoms with Crippen LogP contribution < -0.4 is 0 Å². The minimum Gasteiger partial charge on any atom is -0.204 e. The molecule has 0 amide bonds. The normalized spacial score (nSPS) is 9.15. The first-order valence-corrected chi connectivity index (χ1v) is 4.42. The van der Waals surface area contributed by atoms with E-state index in [-0.39, 0.29) is 0 Å². The summed E-state index contributed by atoms with van der Waals surface area (Å²) in [5.41, 5.74) is 0.487. The fourth-order valence-electron chi connectivity index (χ4n) is 0.794. The van der Waals surface area contributed by atoms with Crippen molar-refractivity contribution in [3.63, 3.8) is 0 Å². The molecule has 0 fully saturated rings. The van der Waals surface area contributed by atoms with Gasteiger partial charge in [0.2, 0.25) is 0 Å². The molecule has 0 aliphatic carbocycles. The highest BCUT2D eigenvalue weighted by atomic mass is 32.1. The van der Waals surface area contributed by atoms with Crippen LogP contribution in [-0.2, 0) is 0 Å². The molecule has 1 aromatic rings. The maximum atomic E-state index is 12.6. The molecule has 0 unspecified atom stereocenters. The average molecular weight is 198 g/mol. The molecule has 1 aromatic carbocycles. The maximum absolute atomic E-state index is 12.6. The zero-order valence-corrected chi connectivity index (χ0v) is 7.74. The van der Waals surface area contributed by atoms with E-state index < -0.39 is 11.6 Å². The zero-order valence-electron chi connectivity index (χ0n) is 6.85. The molecule has 0 spiro atoms. The molecule has 0 aliphatic rings. The van der Waals surface area contributed by atoms with Crippen molar-refractivity contribution in [2.45, 2.75) is 6.42 Å². The largest absolute Gasteiger partial charge is 0.204 e. The molecular formula is C10H8F2S. The molecule has 0 N–H and O–H groups in total. The van der Waals surface area contributed by atoms with E-state index in [0.29, 0.717) is 17.7 Å². The van der Waals surface area contributed by atoms with E-state index >= 15 is 0 Å². The van der Waals surface area contributed by atoms with Gasteiger partial charge in [-0.05, 0) is 18.2 Å². The highest BCUT2D eigenvalue weighted by Gasteiger charge is 1.99. The lowest BCUT2D eigenvalue weighted by atomic mass is 10.2. The van der Waals surface area contributed by atoms with Gasteiger partial charge in [-0.3, -0.25) is 0 Å². The van der Waals surface area contributed by atoms with Crippen LogP contribution in [0.5, 0.6) is 0 Å². The van der Waals surface area contributed by atoms with Crippen LogP contribution >= 0.6 is 12.6 Å². The molecule has 0 saturated carbocycles. The maximum Gasteiger partial charge on any atom is 0.160 e. The quantitative estimate of drug-likeness (QED) is 0.520. The Morgan fingerprint density at radius 1 is 1.23 bits per heavy atom. The van der Waals surface area contributed by atoms with Crippen LogP contribution in [0.2, 0.25) is 0 Å². The first-order chi connectivity index (χ1) is 6.24. The second-order valence-electron chi connectivity index (χ2n) is 2.40. The molecule has 13 heavy (non-hydrogen) atoms. The summed E-state index contributed by atoms with van der Waals surface area (Å²) in [4.78, 5) is 0. The number of benzene rings is 1. The van der Waals surface area contributed by atoms with Crippen molar-refractivity contribution in [1.29, 1.82) is 0 Å². The summed E-state index contributed by atoms with van der Waals surface area (Å²) in [6, 6.07) is 3.60. The van der Waals surface area contributed by atoms with Gasteiger partial charge in [0.05, 0.1) is 0 Å². The predicted molar refractivity (Wildman–Crippen MR) is 51.7 cm³/mol. The van der Waals surface area contributed by atoms with Gasteiger partial charge in [0.1, 0.15) is 0 Å². The fraction of sp³-hybridized carbons (Fsp3) is 0.200. The van der Waals surface area contributed by atoms with Crippen LogP contribution in [0.4, 0.5) is 8.78 Å². The van der Waals surface area contributed by atoms with Gasteiger partial charge in [-0.2, -0.15) is 12.6 Å². The molecule has 0 nitrogen and oxygen atoms in total. The van der Waals surface area contributed by atoms with Gasteiger partial charge < -0.3 is 0 Å². The van der Waals surface area contributed by atoms with E-state index in [2.05, 4.69) is 24.5 Å². The van der Waals surface area contributed by atoms with Crippen LogP contribution in [-0.4, -0.2) is 5.75 Å². The molecule has 0 bridgehead atoms. The summed E-state index contributed by atoms with van der Waals surface area (Å²) < 4.78 is 25.1. The van der Waals surface area contributed by atoms with Gasteiger partial charge in [-0.1, -0.05) is 11.8 Å². The molecule has 0 atom stereocenters. The molecule has 1 rings (SSSR count).